The van der Waals surface area contributed by atoms with E-state index >= 15 is 0 Å². The van der Waals surface area contributed by atoms with Crippen LogP contribution >= 0.6 is 0 Å². The molecule has 1 N–H and O–H groups in total. The van der Waals surface area contributed by atoms with Gasteiger partial charge in [-0.15, -0.1) is 0 Å². The number of amides is 1. The second kappa shape index (κ2) is 8.92. The van der Waals surface area contributed by atoms with Crippen LogP contribution in [0.3, 0.4) is 0 Å². The van der Waals surface area contributed by atoms with Crippen LogP contribution in [0.5, 0.6) is 0 Å². The summed E-state index contributed by atoms with van der Waals surface area (Å²) in [5.74, 6) is -0.856. The molecule has 1 amide bonds. The standard InChI is InChI=1S/C23H23N3O4/c27-22(25-9-11-30-12-10-25)16-26-15-19(20-3-1-2-4-21(20)26)14-24-13-17-5-7-18(8-6-17)23(28)29/h1-8,14-15H,9-13,16H2,(H,28,29). The number of carbonyl (C=O) groups is 2. The fraction of sp³-hybridized carbons (Fsp3) is 0.261. The predicted octanol–water partition coefficient (Wildman–Crippen LogP) is 2.82. The van der Waals surface area contributed by atoms with E-state index in [4.69, 9.17) is 9.84 Å². The molecule has 1 saturated heterocycles. The molecule has 2 heterocycles. The summed E-state index contributed by atoms with van der Waals surface area (Å²) in [6.07, 6.45) is 3.77. The van der Waals surface area contributed by atoms with Gasteiger partial charge in [0.25, 0.3) is 0 Å². The number of morpholine rings is 1. The molecule has 0 saturated carbocycles. The second-order valence-corrected chi connectivity index (χ2v) is 7.19. The van der Waals surface area contributed by atoms with E-state index in [0.29, 0.717) is 32.8 Å². The zero-order valence-corrected chi connectivity index (χ0v) is 16.5. The third-order valence-corrected chi connectivity index (χ3v) is 5.19. The van der Waals surface area contributed by atoms with Gasteiger partial charge < -0.3 is 19.3 Å². The first kappa shape index (κ1) is 19.8. The zero-order valence-electron chi connectivity index (χ0n) is 16.5. The van der Waals surface area contributed by atoms with Crippen molar-refractivity contribution in [2.45, 2.75) is 13.1 Å². The molecule has 3 aromatic rings. The van der Waals surface area contributed by atoms with Crippen LogP contribution in [-0.2, 0) is 22.6 Å². The molecule has 7 heteroatoms. The van der Waals surface area contributed by atoms with Gasteiger partial charge in [-0.25, -0.2) is 4.79 Å². The number of carboxylic acid groups (broad SMARTS) is 1. The van der Waals surface area contributed by atoms with Gasteiger partial charge in [0.2, 0.25) is 5.91 Å². The van der Waals surface area contributed by atoms with Crippen LogP contribution in [0.4, 0.5) is 0 Å². The van der Waals surface area contributed by atoms with E-state index in [1.165, 1.54) is 0 Å². The molecule has 0 bridgehead atoms. The van der Waals surface area contributed by atoms with Gasteiger partial charge in [0.15, 0.2) is 0 Å². The Kier molecular flexibility index (Phi) is 5.90. The number of ether oxygens (including phenoxy) is 1. The molecule has 2 aromatic carbocycles. The Morgan fingerprint density at radius 1 is 1.07 bits per heavy atom. The average Bonchev–Trinajstić information content (AvgIpc) is 3.12. The zero-order chi connectivity index (χ0) is 20.9. The summed E-state index contributed by atoms with van der Waals surface area (Å²) in [6, 6.07) is 14.7. The van der Waals surface area contributed by atoms with Crippen molar-refractivity contribution in [3.63, 3.8) is 0 Å². The highest BCUT2D eigenvalue weighted by Crippen LogP contribution is 2.20. The van der Waals surface area contributed by atoms with E-state index < -0.39 is 5.97 Å². The first-order valence-corrected chi connectivity index (χ1v) is 9.87. The third kappa shape index (κ3) is 4.41. The molecule has 4 rings (SSSR count). The van der Waals surface area contributed by atoms with Crippen LogP contribution in [0.1, 0.15) is 21.5 Å². The highest BCUT2D eigenvalue weighted by Gasteiger charge is 2.18. The molecule has 154 valence electrons. The van der Waals surface area contributed by atoms with Gasteiger partial charge in [0, 0.05) is 42.0 Å². The van der Waals surface area contributed by atoms with E-state index in [0.717, 1.165) is 22.0 Å². The number of aromatic carboxylic acids is 1. The fourth-order valence-electron chi connectivity index (χ4n) is 3.57. The summed E-state index contributed by atoms with van der Waals surface area (Å²) in [4.78, 5) is 30.0. The van der Waals surface area contributed by atoms with Gasteiger partial charge in [0.05, 0.1) is 25.3 Å². The van der Waals surface area contributed by atoms with Crippen LogP contribution in [0, 0.1) is 0 Å². The van der Waals surface area contributed by atoms with Crippen LogP contribution in [0.15, 0.2) is 59.7 Å². The Labute approximate surface area is 174 Å². The molecule has 7 nitrogen and oxygen atoms in total. The number of aliphatic imine (C=N–C) groups is 1. The lowest BCUT2D eigenvalue weighted by Gasteiger charge is -2.27. The van der Waals surface area contributed by atoms with Gasteiger partial charge >= 0.3 is 5.97 Å². The van der Waals surface area contributed by atoms with Crippen LogP contribution in [-0.4, -0.2) is 59.0 Å². The number of hydrogen-bond acceptors (Lipinski definition) is 4. The summed E-state index contributed by atoms with van der Waals surface area (Å²) >= 11 is 0. The number of rotatable bonds is 6. The molecule has 1 aliphatic rings. The van der Waals surface area contributed by atoms with Gasteiger partial charge in [-0.1, -0.05) is 30.3 Å². The Morgan fingerprint density at radius 3 is 2.53 bits per heavy atom. The third-order valence-electron chi connectivity index (χ3n) is 5.19. The minimum atomic E-state index is -0.940. The molecule has 0 unspecified atom stereocenters. The number of hydrogen-bond donors (Lipinski definition) is 1. The first-order valence-electron chi connectivity index (χ1n) is 9.87. The van der Waals surface area contributed by atoms with Gasteiger partial charge in [-0.3, -0.25) is 9.79 Å². The summed E-state index contributed by atoms with van der Waals surface area (Å²) in [5.41, 5.74) is 3.13. The number of nitrogens with zero attached hydrogens (tertiary/aromatic N) is 3. The minimum absolute atomic E-state index is 0.0843. The summed E-state index contributed by atoms with van der Waals surface area (Å²) < 4.78 is 7.29. The Bertz CT molecular complexity index is 1080. The lowest BCUT2D eigenvalue weighted by Crippen LogP contribution is -2.42. The number of para-hydroxylation sites is 1. The van der Waals surface area contributed by atoms with Crippen molar-refractivity contribution in [1.29, 1.82) is 0 Å². The highest BCUT2D eigenvalue weighted by molar-refractivity contribution is 6.00. The second-order valence-electron chi connectivity index (χ2n) is 7.19. The molecular weight excluding hydrogens is 382 g/mol. The van der Waals surface area contributed by atoms with Crippen molar-refractivity contribution in [2.75, 3.05) is 26.3 Å². The topological polar surface area (TPSA) is 84.1 Å². The monoisotopic (exact) mass is 405 g/mol. The number of aromatic nitrogens is 1. The van der Waals surface area contributed by atoms with Crippen molar-refractivity contribution < 1.29 is 19.4 Å². The Morgan fingerprint density at radius 2 is 1.80 bits per heavy atom. The quantitative estimate of drug-likeness (QED) is 0.639. The summed E-state index contributed by atoms with van der Waals surface area (Å²) in [5, 5.41) is 10.0. The van der Waals surface area contributed by atoms with E-state index in [1.54, 1.807) is 24.3 Å². The highest BCUT2D eigenvalue weighted by atomic mass is 16.5. The maximum Gasteiger partial charge on any atom is 0.335 e. The molecular formula is C23H23N3O4. The van der Waals surface area contributed by atoms with Crippen molar-refractivity contribution in [3.8, 4) is 0 Å². The molecule has 0 spiro atoms. The Hall–Kier alpha value is -3.45. The lowest BCUT2D eigenvalue weighted by molar-refractivity contribution is -0.135. The van der Waals surface area contributed by atoms with Gasteiger partial charge in [0.1, 0.15) is 6.54 Å². The maximum atomic E-state index is 12.7. The van der Waals surface area contributed by atoms with Crippen LogP contribution in [0.2, 0.25) is 0 Å². The molecule has 1 fully saturated rings. The number of carboxylic acids is 1. The number of carbonyl (C=O) groups excluding carboxylic acids is 1. The predicted molar refractivity (Wildman–Crippen MR) is 114 cm³/mol. The maximum absolute atomic E-state index is 12.7. The Balaban J connectivity index is 1.50. The molecule has 1 aliphatic heterocycles. The van der Waals surface area contributed by atoms with E-state index in [2.05, 4.69) is 4.99 Å². The normalized spacial score (nSPS) is 14.5. The van der Waals surface area contributed by atoms with E-state index in [9.17, 15) is 9.59 Å². The van der Waals surface area contributed by atoms with Crippen LogP contribution in [0.25, 0.3) is 10.9 Å². The van der Waals surface area contributed by atoms with Crippen molar-refractivity contribution >= 4 is 29.0 Å². The largest absolute Gasteiger partial charge is 0.478 e. The van der Waals surface area contributed by atoms with Gasteiger partial charge in [-0.05, 0) is 23.8 Å². The molecule has 0 radical (unpaired) electrons. The van der Waals surface area contributed by atoms with Crippen molar-refractivity contribution in [3.05, 3.63) is 71.4 Å². The molecule has 1 aromatic heterocycles. The number of fused-ring (bicyclic) bond motifs is 1. The summed E-state index contributed by atoms with van der Waals surface area (Å²) in [7, 11) is 0. The summed E-state index contributed by atoms with van der Waals surface area (Å²) in [6.45, 7) is 3.17. The smallest absolute Gasteiger partial charge is 0.335 e. The first-order chi connectivity index (χ1) is 14.6. The molecule has 0 aliphatic carbocycles. The average molecular weight is 405 g/mol. The minimum Gasteiger partial charge on any atom is -0.478 e. The fourth-order valence-corrected chi connectivity index (χ4v) is 3.57. The number of benzene rings is 2. The van der Waals surface area contributed by atoms with Crippen molar-refractivity contribution in [1.82, 2.24) is 9.47 Å². The SMILES string of the molecule is O=C(O)c1ccc(CN=Cc2cn(CC(=O)N3CCOCC3)c3ccccc23)cc1. The van der Waals surface area contributed by atoms with Gasteiger partial charge in [-0.2, -0.15) is 0 Å². The van der Waals surface area contributed by atoms with E-state index in [1.807, 2.05) is 46.1 Å². The molecule has 30 heavy (non-hydrogen) atoms. The van der Waals surface area contributed by atoms with E-state index in [-0.39, 0.29) is 18.0 Å². The van der Waals surface area contributed by atoms with Crippen LogP contribution < -0.4 is 0 Å². The lowest BCUT2D eigenvalue weighted by atomic mass is 10.1. The molecule has 0 atom stereocenters. The van der Waals surface area contributed by atoms with Crippen molar-refractivity contribution in [2.24, 2.45) is 4.99 Å².